The van der Waals surface area contributed by atoms with Crippen molar-refractivity contribution in [2.24, 2.45) is 50.2 Å². The number of hydrogen-bond acceptors (Lipinski definition) is 9. The molecule has 0 aromatic carbocycles. The molecule has 16 heteroatoms. The molecule has 5 rings (SSSR count). The summed E-state index contributed by atoms with van der Waals surface area (Å²) in [5.74, 6) is -3.09. The molecular formula is C42H59Cl6NO9. The zero-order valence-electron chi connectivity index (χ0n) is 34.8. The number of ether oxygens (including phenoxy) is 4. The van der Waals surface area contributed by atoms with Crippen molar-refractivity contribution in [1.82, 2.24) is 5.32 Å². The maximum absolute atomic E-state index is 14.9. The Hall–Kier alpha value is -1.17. The molecule has 0 aliphatic heterocycles. The van der Waals surface area contributed by atoms with Gasteiger partial charge >= 0.3 is 23.9 Å². The third-order valence-electron chi connectivity index (χ3n) is 15.7. The van der Waals surface area contributed by atoms with Crippen LogP contribution < -0.4 is 5.32 Å². The number of nitrogens with one attached hydrogen (secondary N) is 1. The average Bonchev–Trinajstić information content (AvgIpc) is 3.12. The lowest BCUT2D eigenvalue weighted by molar-refractivity contribution is -0.214. The van der Waals surface area contributed by atoms with Crippen LogP contribution in [0.5, 0.6) is 0 Å². The van der Waals surface area contributed by atoms with E-state index in [4.69, 9.17) is 88.6 Å². The van der Waals surface area contributed by atoms with E-state index in [0.29, 0.717) is 24.7 Å². The van der Waals surface area contributed by atoms with Crippen LogP contribution in [0.1, 0.15) is 120 Å². The van der Waals surface area contributed by atoms with Gasteiger partial charge < -0.3 is 24.3 Å². The highest BCUT2D eigenvalue weighted by Gasteiger charge is 2.69. The quantitative estimate of drug-likeness (QED) is 0.0879. The maximum atomic E-state index is 14.9. The van der Waals surface area contributed by atoms with Crippen LogP contribution in [0.3, 0.4) is 0 Å². The highest BCUT2D eigenvalue weighted by molar-refractivity contribution is 6.54. The van der Waals surface area contributed by atoms with E-state index in [1.165, 1.54) is 12.5 Å². The summed E-state index contributed by atoms with van der Waals surface area (Å²) < 4.78 is 22.7. The largest absolute Gasteiger partial charge is 0.462 e. The summed E-state index contributed by atoms with van der Waals surface area (Å²) in [6, 6.07) is 0. The van der Waals surface area contributed by atoms with Crippen LogP contribution in [0, 0.1) is 50.2 Å². The fourth-order valence-electron chi connectivity index (χ4n) is 12.4. The Morgan fingerprint density at radius 3 is 1.86 bits per heavy atom. The number of amides is 1. The van der Waals surface area contributed by atoms with Crippen LogP contribution >= 0.6 is 69.6 Å². The molecule has 8 atom stereocenters. The predicted octanol–water partition coefficient (Wildman–Crippen LogP) is 9.62. The van der Waals surface area contributed by atoms with Gasteiger partial charge in [-0.3, -0.25) is 14.4 Å². The van der Waals surface area contributed by atoms with E-state index in [1.807, 2.05) is 0 Å². The fraction of sp³-hybridized carbons (Fsp3) is 0.833. The lowest BCUT2D eigenvalue weighted by atomic mass is 9.33. The second-order valence-corrected chi connectivity index (χ2v) is 23.1. The molecule has 4 saturated carbocycles. The Morgan fingerprint density at radius 1 is 0.741 bits per heavy atom. The zero-order chi connectivity index (χ0) is 43.4. The summed E-state index contributed by atoms with van der Waals surface area (Å²) in [7, 11) is 0. The minimum atomic E-state index is -1.88. The number of rotatable bonds is 12. The van der Waals surface area contributed by atoms with E-state index >= 15 is 0 Å². The first-order valence-electron chi connectivity index (χ1n) is 20.3. The Labute approximate surface area is 373 Å². The minimum absolute atomic E-state index is 0.0309. The van der Waals surface area contributed by atoms with Crippen molar-refractivity contribution in [3.63, 3.8) is 0 Å². The first kappa shape index (κ1) is 47.9. The second-order valence-electron chi connectivity index (χ2n) is 19.8. The van der Waals surface area contributed by atoms with Gasteiger partial charge in [0.15, 0.2) is 4.84 Å². The summed E-state index contributed by atoms with van der Waals surface area (Å²) in [6.07, 6.45) is 10.6. The molecular weight excluding hydrogens is 875 g/mol. The summed E-state index contributed by atoms with van der Waals surface area (Å²) >= 11 is 34.8. The summed E-state index contributed by atoms with van der Waals surface area (Å²) in [5, 5.41) is 2.55. The van der Waals surface area contributed by atoms with Gasteiger partial charge in [0.2, 0.25) is 9.67 Å². The first-order valence-corrected chi connectivity index (χ1v) is 22.9. The molecule has 1 N–H and O–H groups in total. The molecule has 4 fully saturated rings. The maximum Gasteiger partial charge on any atom is 0.339 e. The van der Waals surface area contributed by atoms with Crippen molar-refractivity contribution in [1.29, 1.82) is 0 Å². The van der Waals surface area contributed by atoms with Gasteiger partial charge in [0.1, 0.15) is 31.5 Å². The number of alkyl halides is 6. The number of hydrogen-bond donors (Lipinski definition) is 1. The van der Waals surface area contributed by atoms with Crippen molar-refractivity contribution in [3.8, 4) is 0 Å². The van der Waals surface area contributed by atoms with Crippen LogP contribution in [0.4, 0.5) is 0 Å². The van der Waals surface area contributed by atoms with Crippen molar-refractivity contribution >= 4 is 99.4 Å². The van der Waals surface area contributed by atoms with E-state index in [0.717, 1.165) is 51.4 Å². The van der Waals surface area contributed by atoms with E-state index in [-0.39, 0.29) is 45.1 Å². The third-order valence-corrected chi connectivity index (χ3v) is 16.8. The number of carbonyl (C=O) groups excluding carboxylic acids is 5. The molecule has 58 heavy (non-hydrogen) atoms. The fourth-order valence-corrected chi connectivity index (χ4v) is 12.8. The van der Waals surface area contributed by atoms with Gasteiger partial charge in [-0.15, -0.1) is 0 Å². The molecule has 0 unspecified atom stereocenters. The van der Waals surface area contributed by atoms with Gasteiger partial charge in [0, 0.05) is 12.3 Å². The standard InChI is InChI=1S/C42H59Cl6NO9/c1-23(50)58-28-12-13-38(6)26(37(28,4)5)11-14-40(8)27(38)10-9-24-25-19-36(2,3)15-17-42(25,18-16-39(24,40)7)35(54)57-22-41(49-32(51)29(43)44,20-55-33(52)30(45)46)21-56-34(53)31(47)48/h9,25-31H,10-22H2,1-8H3,(H,49,51)/t25-,26-,27+,28-,38-,39+,40+,42-/m0/s1. The number of halogens is 6. The molecule has 0 aromatic rings. The second kappa shape index (κ2) is 17.2. The molecule has 0 saturated heterocycles. The Kier molecular flexibility index (Phi) is 14.2. The van der Waals surface area contributed by atoms with E-state index in [1.54, 1.807) is 0 Å². The summed E-state index contributed by atoms with van der Waals surface area (Å²) in [6.45, 7) is 15.9. The minimum Gasteiger partial charge on any atom is -0.462 e. The zero-order valence-corrected chi connectivity index (χ0v) is 39.3. The monoisotopic (exact) mass is 931 g/mol. The Bertz CT molecular complexity index is 1640. The lowest BCUT2D eigenvalue weighted by Crippen LogP contribution is -2.65. The highest BCUT2D eigenvalue weighted by Crippen LogP contribution is 2.76. The van der Waals surface area contributed by atoms with Gasteiger partial charge in [-0.05, 0) is 104 Å². The van der Waals surface area contributed by atoms with Gasteiger partial charge in [0.25, 0.3) is 5.91 Å². The number of carbonyl (C=O) groups is 5. The molecule has 0 spiro atoms. The number of allylic oxidation sites excluding steroid dienone is 2. The first-order chi connectivity index (χ1) is 26.7. The van der Waals surface area contributed by atoms with Gasteiger partial charge in [-0.2, -0.15) is 0 Å². The highest BCUT2D eigenvalue weighted by atomic mass is 35.5. The van der Waals surface area contributed by atoms with E-state index in [2.05, 4.69) is 59.9 Å². The van der Waals surface area contributed by atoms with Crippen LogP contribution in [0.25, 0.3) is 0 Å². The topological polar surface area (TPSA) is 134 Å². The Balaban J connectivity index is 1.49. The van der Waals surface area contributed by atoms with Crippen molar-refractivity contribution < 1.29 is 42.9 Å². The normalized spacial score (nSPS) is 35.0. The van der Waals surface area contributed by atoms with Crippen LogP contribution in [-0.2, 0) is 42.9 Å². The number of esters is 4. The van der Waals surface area contributed by atoms with Crippen LogP contribution in [0.2, 0.25) is 0 Å². The van der Waals surface area contributed by atoms with E-state index in [9.17, 15) is 24.0 Å². The van der Waals surface area contributed by atoms with Gasteiger partial charge in [-0.25, -0.2) is 9.59 Å². The SMILES string of the molecule is CC(=O)O[C@H]1CC[C@]2(C)[C@H]3CC=C4[C@@H]5CC(C)(C)CC[C@]5(C(=O)OCC(COC(=O)C(Cl)Cl)(COC(=O)C(Cl)Cl)NC(=O)C(Cl)Cl)CC[C@@]4(C)[C@]3(C)CC[C@H]2C1(C)C. The smallest absolute Gasteiger partial charge is 0.339 e. The van der Waals surface area contributed by atoms with Crippen molar-refractivity contribution in [2.45, 2.75) is 146 Å². The molecule has 10 nitrogen and oxygen atoms in total. The lowest BCUT2D eigenvalue weighted by Gasteiger charge is -2.71. The van der Waals surface area contributed by atoms with Crippen molar-refractivity contribution in [2.75, 3.05) is 19.8 Å². The molecule has 1 amide bonds. The third kappa shape index (κ3) is 8.74. The molecule has 328 valence electrons. The summed E-state index contributed by atoms with van der Waals surface area (Å²) in [4.78, 5) is 60.2. The molecule has 5 aliphatic carbocycles. The average molecular weight is 935 g/mol. The molecule has 0 aromatic heterocycles. The number of fused-ring (bicyclic) bond motifs is 7. The Morgan fingerprint density at radius 2 is 1.31 bits per heavy atom. The predicted molar refractivity (Wildman–Crippen MR) is 225 cm³/mol. The van der Waals surface area contributed by atoms with Crippen molar-refractivity contribution in [3.05, 3.63) is 11.6 Å². The van der Waals surface area contributed by atoms with Crippen LogP contribution in [-0.4, -0.2) is 75.8 Å². The van der Waals surface area contributed by atoms with Crippen LogP contribution in [0.15, 0.2) is 11.6 Å². The molecule has 0 radical (unpaired) electrons. The molecule has 0 heterocycles. The van der Waals surface area contributed by atoms with E-state index < -0.39 is 69.1 Å². The van der Waals surface area contributed by atoms with Gasteiger partial charge in [0.05, 0.1) is 5.41 Å². The van der Waals surface area contributed by atoms with Gasteiger partial charge in [-0.1, -0.05) is 130 Å². The molecule has 5 aliphatic rings. The molecule has 0 bridgehead atoms. The summed E-state index contributed by atoms with van der Waals surface area (Å²) in [5.41, 5.74) is -1.90.